The number of pyridine rings is 1. The Hall–Kier alpha value is -7.16. The molecule has 408 valence electrons. The highest BCUT2D eigenvalue weighted by Gasteiger charge is 2.33. The summed E-state index contributed by atoms with van der Waals surface area (Å²) in [6, 6.07) is 15.1. The fourth-order valence-corrected chi connectivity index (χ4v) is 13.2. The van der Waals surface area contributed by atoms with Crippen LogP contribution in [0.5, 0.6) is 0 Å². The molecule has 2 aromatic carbocycles. The fraction of sp³-hybridized carbons (Fsp3) is 0.345. The Bertz CT molecular complexity index is 3550. The molecule has 7 heterocycles. The van der Waals surface area contributed by atoms with E-state index in [1.54, 1.807) is 29.2 Å². The van der Waals surface area contributed by atoms with Gasteiger partial charge in [-0.15, -0.1) is 0 Å². The predicted octanol–water partition coefficient (Wildman–Crippen LogP) is 11.3. The van der Waals surface area contributed by atoms with Crippen LogP contribution in [0.2, 0.25) is 10.0 Å². The zero-order valence-corrected chi connectivity index (χ0v) is 47.9. The molecule has 7 aromatic rings. The molecule has 0 bridgehead atoms. The van der Waals surface area contributed by atoms with Gasteiger partial charge in [-0.25, -0.2) is 19.3 Å². The van der Waals surface area contributed by atoms with E-state index in [1.807, 2.05) is 69.1 Å². The van der Waals surface area contributed by atoms with E-state index < -0.39 is 0 Å². The van der Waals surface area contributed by atoms with E-state index in [4.69, 9.17) is 38.8 Å². The third-order valence-electron chi connectivity index (χ3n) is 14.4. The van der Waals surface area contributed by atoms with Crippen molar-refractivity contribution in [2.45, 2.75) is 92.0 Å². The number of aryl methyl sites for hydroxylation is 2. The lowest BCUT2D eigenvalue weighted by Gasteiger charge is -2.37. The number of carbonyl (C=O) groups excluding carboxylic acids is 4. The van der Waals surface area contributed by atoms with Gasteiger partial charge in [0, 0.05) is 111 Å². The van der Waals surface area contributed by atoms with E-state index in [9.17, 15) is 19.2 Å². The second-order valence-corrected chi connectivity index (χ2v) is 22.9. The van der Waals surface area contributed by atoms with Gasteiger partial charge in [0.1, 0.15) is 0 Å². The van der Waals surface area contributed by atoms with Gasteiger partial charge in [0.05, 0.1) is 65.3 Å². The number of likely N-dealkylation sites (tertiary alicyclic amines) is 1. The van der Waals surface area contributed by atoms with E-state index in [0.717, 1.165) is 120 Å². The fourth-order valence-electron chi connectivity index (χ4n) is 10.5. The first-order valence-electron chi connectivity index (χ1n) is 26.7. The third-order valence-corrected chi connectivity index (χ3v) is 17.1. The summed E-state index contributed by atoms with van der Waals surface area (Å²) in [4.78, 5) is 71.5. The molecule has 2 saturated heterocycles. The molecule has 79 heavy (non-hydrogen) atoms. The van der Waals surface area contributed by atoms with Gasteiger partial charge in [0.2, 0.25) is 11.8 Å². The Morgan fingerprint density at radius 2 is 1.28 bits per heavy atom. The minimum absolute atomic E-state index is 0.0105. The lowest BCUT2D eigenvalue weighted by atomic mass is 9.95. The Balaban J connectivity index is 0.000000179. The van der Waals surface area contributed by atoms with E-state index in [2.05, 4.69) is 51.3 Å². The zero-order chi connectivity index (χ0) is 55.5. The van der Waals surface area contributed by atoms with Gasteiger partial charge in [0.25, 0.3) is 11.8 Å². The van der Waals surface area contributed by atoms with Crippen molar-refractivity contribution in [1.29, 1.82) is 5.41 Å². The smallest absolute Gasteiger partial charge is 0.253 e. The Morgan fingerprint density at radius 3 is 1.80 bits per heavy atom. The number of anilines is 2. The second kappa shape index (κ2) is 24.1. The molecular formula is C58H61Cl2N13O4S2. The molecule has 3 N–H and O–H groups in total. The van der Waals surface area contributed by atoms with E-state index in [-0.39, 0.29) is 23.6 Å². The summed E-state index contributed by atoms with van der Waals surface area (Å²) in [6.07, 6.45) is 17.7. The lowest BCUT2D eigenvalue weighted by molar-refractivity contribution is -0.115. The van der Waals surface area contributed by atoms with Crippen molar-refractivity contribution >= 4 is 91.6 Å². The maximum atomic E-state index is 13.4. The van der Waals surface area contributed by atoms with Crippen molar-refractivity contribution < 1.29 is 19.2 Å². The minimum atomic E-state index is -0.179. The molecule has 0 saturated carbocycles. The Labute approximate surface area is 476 Å². The number of halogens is 2. The normalized spacial score (nSPS) is 15.2. The lowest BCUT2D eigenvalue weighted by Crippen LogP contribution is -2.50. The first-order valence-corrected chi connectivity index (χ1v) is 29.1. The average molecular weight is 1140 g/mol. The number of fused-ring (bicyclic) bond motifs is 6. The molecule has 0 unspecified atom stereocenters. The second-order valence-electron chi connectivity index (χ2n) is 20.1. The summed E-state index contributed by atoms with van der Waals surface area (Å²) in [5, 5.41) is 25.7. The van der Waals surface area contributed by atoms with Gasteiger partial charge in [-0.3, -0.25) is 29.1 Å². The maximum Gasteiger partial charge on any atom is 0.253 e. The molecule has 5 aromatic heterocycles. The number of piperidine rings is 1. The van der Waals surface area contributed by atoms with Crippen molar-refractivity contribution in [3.63, 3.8) is 0 Å². The van der Waals surface area contributed by atoms with Gasteiger partial charge in [0.15, 0.2) is 10.3 Å². The summed E-state index contributed by atoms with van der Waals surface area (Å²) in [6.45, 7) is 14.0. The first-order chi connectivity index (χ1) is 38.2. The first kappa shape index (κ1) is 55.2. The number of nitrogens with one attached hydrogen (secondary N) is 3. The Kier molecular flexibility index (Phi) is 16.8. The molecule has 11 rings (SSSR count). The van der Waals surface area contributed by atoms with E-state index in [0.29, 0.717) is 86.1 Å². The van der Waals surface area contributed by atoms with Crippen LogP contribution in [0, 0.1) is 5.41 Å². The molecule has 17 nitrogen and oxygen atoms in total. The number of hydrogen-bond acceptors (Lipinski definition) is 13. The highest BCUT2D eigenvalue weighted by atomic mass is 35.5. The van der Waals surface area contributed by atoms with Gasteiger partial charge in [-0.1, -0.05) is 71.0 Å². The molecule has 2 aliphatic heterocycles. The van der Waals surface area contributed by atoms with Crippen molar-refractivity contribution in [3.8, 4) is 43.8 Å². The van der Waals surface area contributed by atoms with Crippen molar-refractivity contribution in [2.24, 2.45) is 0 Å². The van der Waals surface area contributed by atoms with Gasteiger partial charge < -0.3 is 25.8 Å². The molecular weight excluding hydrogens is 1080 g/mol. The monoisotopic (exact) mass is 1140 g/mol. The quantitative estimate of drug-likeness (QED) is 0.0781. The molecule has 0 spiro atoms. The van der Waals surface area contributed by atoms with E-state index in [1.165, 1.54) is 42.7 Å². The van der Waals surface area contributed by atoms with Crippen LogP contribution in [-0.2, 0) is 35.3 Å². The van der Waals surface area contributed by atoms with E-state index >= 15 is 0 Å². The molecule has 4 aliphatic rings. The van der Waals surface area contributed by atoms with Crippen LogP contribution in [0.4, 0.5) is 10.3 Å². The largest absolute Gasteiger partial charge is 0.339 e. The summed E-state index contributed by atoms with van der Waals surface area (Å²) in [5.41, 5.74) is 11.2. The highest BCUT2D eigenvalue weighted by molar-refractivity contribution is 7.19. The standard InChI is InChI=1S/C31H36ClN7O2S.C27H25ClN6O2S/c1-5-6-7-8-22(18-33)27-23-10-11-25-29(42-31(35-25)34-20(4)40)28(23)39(36-27)26-12-9-21(17-24(26)32)30(41)38-15-13-37(14-16-38)19(2)3;1-16(35)30-27-31-21-9-8-19-23(18-6-5-11-29-15-18)32-34(24(19)25(21)37-27)22-10-7-17(14-20(22)28)26(36)33-12-3-2-4-13-33/h6-9,12,17-19,33H,5,10-11,13-16H2,1-4H3,(H,34,35,40);5-7,10-11,14-15H,2-4,8-9,12-13H2,1H3,(H,30,31,35)/b7-6-,22-8+,33-18?;. The number of nitrogens with zero attached hydrogens (tertiary/aromatic N) is 10. The van der Waals surface area contributed by atoms with Crippen LogP contribution >= 0.6 is 45.9 Å². The summed E-state index contributed by atoms with van der Waals surface area (Å²) in [5.74, 6) is -0.359. The van der Waals surface area contributed by atoms with Crippen molar-refractivity contribution in [3.05, 3.63) is 129 Å². The summed E-state index contributed by atoms with van der Waals surface area (Å²) in [7, 11) is 0. The van der Waals surface area contributed by atoms with Gasteiger partial charge in [-0.05, 0) is 114 Å². The number of rotatable bonds is 12. The number of allylic oxidation sites excluding steroid dienone is 4. The molecule has 0 radical (unpaired) electrons. The van der Waals surface area contributed by atoms with Crippen molar-refractivity contribution in [1.82, 2.24) is 49.2 Å². The summed E-state index contributed by atoms with van der Waals surface area (Å²) >= 11 is 16.6. The SMILES string of the molecule is CC(=O)Nc1nc2c(s1)-c1c(c(-c3cccnc3)nn1-c1ccc(C(=O)N3CCCCC3)cc1Cl)CC2.CC/C=C\C=C(/C=N)c1nn(-c2ccc(C(=O)N3CCN(C(C)C)CC3)cc2Cl)c2c1CCc1nc(NC(C)=O)sc1-2. The topological polar surface area (TPSA) is 200 Å². The number of benzene rings is 2. The number of carbonyl (C=O) groups is 4. The minimum Gasteiger partial charge on any atom is -0.339 e. The Morgan fingerprint density at radius 1 is 0.722 bits per heavy atom. The number of piperazine rings is 1. The number of thiazole rings is 2. The van der Waals surface area contributed by atoms with Crippen molar-refractivity contribution in [2.75, 3.05) is 49.9 Å². The number of aromatic nitrogens is 7. The predicted molar refractivity (Wildman–Crippen MR) is 315 cm³/mol. The molecule has 2 aliphatic carbocycles. The van der Waals surface area contributed by atoms with Gasteiger partial charge in [-0.2, -0.15) is 10.2 Å². The maximum absolute atomic E-state index is 13.4. The molecule has 0 atom stereocenters. The van der Waals surface area contributed by atoms with Crippen LogP contribution < -0.4 is 10.6 Å². The molecule has 21 heteroatoms. The van der Waals surface area contributed by atoms with Gasteiger partial charge >= 0.3 is 0 Å². The highest BCUT2D eigenvalue weighted by Crippen LogP contribution is 2.46. The molecule has 4 amide bonds. The van der Waals surface area contributed by atoms with Crippen LogP contribution in [0.15, 0.2) is 79.2 Å². The number of amides is 4. The van der Waals surface area contributed by atoms with Crippen LogP contribution in [0.25, 0.3) is 49.3 Å². The molecule has 2 fully saturated rings. The summed E-state index contributed by atoms with van der Waals surface area (Å²) < 4.78 is 3.65. The third kappa shape index (κ3) is 11.6. The zero-order valence-electron chi connectivity index (χ0n) is 44.7. The van der Waals surface area contributed by atoms with Crippen LogP contribution in [0.3, 0.4) is 0 Å². The van der Waals surface area contributed by atoms with Crippen LogP contribution in [-0.4, -0.2) is 124 Å². The average Bonchev–Trinajstić information content (AvgIpc) is 4.39. The number of hydrogen-bond donors (Lipinski definition) is 3. The van der Waals surface area contributed by atoms with Crippen LogP contribution in [0.1, 0.15) is 109 Å².